The van der Waals surface area contributed by atoms with Gasteiger partial charge in [0.25, 0.3) is 5.91 Å². The third-order valence-electron chi connectivity index (χ3n) is 2.93. The number of hydrogen-bond donors (Lipinski definition) is 2. The van der Waals surface area contributed by atoms with Crippen LogP contribution in [0.5, 0.6) is 0 Å². The number of aromatic nitrogens is 1. The van der Waals surface area contributed by atoms with Gasteiger partial charge in [0.2, 0.25) is 0 Å². The molecule has 0 saturated heterocycles. The van der Waals surface area contributed by atoms with Crippen molar-refractivity contribution in [3.05, 3.63) is 29.6 Å². The van der Waals surface area contributed by atoms with Crippen LogP contribution in [-0.2, 0) is 6.54 Å². The summed E-state index contributed by atoms with van der Waals surface area (Å²) in [5.41, 5.74) is 6.87. The molecule has 4 heteroatoms. The van der Waals surface area contributed by atoms with Crippen LogP contribution in [0.3, 0.4) is 0 Å². The summed E-state index contributed by atoms with van der Waals surface area (Å²) < 4.78 is 0. The first-order valence-corrected chi connectivity index (χ1v) is 5.80. The molecule has 1 rings (SSSR count). The molecule has 1 unspecified atom stereocenters. The van der Waals surface area contributed by atoms with Gasteiger partial charge in [-0.1, -0.05) is 20.8 Å². The minimum absolute atomic E-state index is 0.0411. The van der Waals surface area contributed by atoms with Gasteiger partial charge < -0.3 is 11.1 Å². The minimum Gasteiger partial charge on any atom is -0.349 e. The average molecular weight is 235 g/mol. The average Bonchev–Trinajstić information content (AvgIpc) is 2.27. The van der Waals surface area contributed by atoms with Crippen molar-refractivity contribution in [1.82, 2.24) is 10.3 Å². The summed E-state index contributed by atoms with van der Waals surface area (Å²) in [6.07, 6.45) is 1.61. The molecule has 0 aliphatic heterocycles. The molecular weight excluding hydrogens is 214 g/mol. The molecule has 17 heavy (non-hydrogen) atoms. The Balaban J connectivity index is 2.76. The molecule has 1 amide bonds. The van der Waals surface area contributed by atoms with Gasteiger partial charge in [-0.2, -0.15) is 0 Å². The first-order valence-electron chi connectivity index (χ1n) is 5.80. The van der Waals surface area contributed by atoms with E-state index < -0.39 is 0 Å². The molecule has 3 N–H and O–H groups in total. The zero-order valence-corrected chi connectivity index (χ0v) is 10.9. The zero-order valence-electron chi connectivity index (χ0n) is 10.9. The fourth-order valence-electron chi connectivity index (χ4n) is 1.23. The summed E-state index contributed by atoms with van der Waals surface area (Å²) in [6.45, 7) is 8.63. The largest absolute Gasteiger partial charge is 0.349 e. The standard InChI is InChI=1S/C13H21N3O/c1-9(13(2,3)4)16-12(17)10-5-6-15-11(7-10)8-14/h5-7,9H,8,14H2,1-4H3,(H,16,17). The van der Waals surface area contributed by atoms with Gasteiger partial charge in [-0.05, 0) is 24.5 Å². The van der Waals surface area contributed by atoms with Crippen LogP contribution in [0.25, 0.3) is 0 Å². The second-order valence-corrected chi connectivity index (χ2v) is 5.30. The van der Waals surface area contributed by atoms with Crippen molar-refractivity contribution in [3.8, 4) is 0 Å². The Morgan fingerprint density at radius 1 is 1.53 bits per heavy atom. The van der Waals surface area contributed by atoms with Gasteiger partial charge in [-0.15, -0.1) is 0 Å². The van der Waals surface area contributed by atoms with Crippen molar-refractivity contribution in [2.45, 2.75) is 40.3 Å². The van der Waals surface area contributed by atoms with Gasteiger partial charge in [0, 0.05) is 24.3 Å². The van der Waals surface area contributed by atoms with Crippen LogP contribution in [0.15, 0.2) is 18.3 Å². The van der Waals surface area contributed by atoms with Crippen molar-refractivity contribution in [2.75, 3.05) is 0 Å². The van der Waals surface area contributed by atoms with Crippen LogP contribution in [0.2, 0.25) is 0 Å². The predicted molar refractivity (Wildman–Crippen MR) is 68.5 cm³/mol. The zero-order chi connectivity index (χ0) is 13.1. The van der Waals surface area contributed by atoms with Crippen LogP contribution in [0.1, 0.15) is 43.7 Å². The molecular formula is C13H21N3O. The van der Waals surface area contributed by atoms with E-state index in [-0.39, 0.29) is 17.4 Å². The number of pyridine rings is 1. The molecule has 0 aliphatic rings. The number of nitrogens with zero attached hydrogens (tertiary/aromatic N) is 1. The summed E-state index contributed by atoms with van der Waals surface area (Å²) >= 11 is 0. The fraction of sp³-hybridized carbons (Fsp3) is 0.538. The molecule has 94 valence electrons. The molecule has 0 spiro atoms. The van der Waals surface area contributed by atoms with Gasteiger partial charge in [-0.25, -0.2) is 0 Å². The Morgan fingerprint density at radius 2 is 2.18 bits per heavy atom. The van der Waals surface area contributed by atoms with E-state index in [1.807, 2.05) is 6.92 Å². The maximum absolute atomic E-state index is 12.0. The number of rotatable bonds is 3. The highest BCUT2D eigenvalue weighted by molar-refractivity contribution is 5.94. The van der Waals surface area contributed by atoms with Gasteiger partial charge in [0.1, 0.15) is 0 Å². The van der Waals surface area contributed by atoms with Crippen molar-refractivity contribution in [1.29, 1.82) is 0 Å². The van der Waals surface area contributed by atoms with Gasteiger partial charge in [0.05, 0.1) is 5.69 Å². The van der Waals surface area contributed by atoms with Crippen LogP contribution >= 0.6 is 0 Å². The van der Waals surface area contributed by atoms with Gasteiger partial charge in [0.15, 0.2) is 0 Å². The molecule has 1 atom stereocenters. The lowest BCUT2D eigenvalue weighted by atomic mass is 9.88. The first kappa shape index (κ1) is 13.6. The predicted octanol–water partition coefficient (Wildman–Crippen LogP) is 1.70. The number of carbonyl (C=O) groups excluding carboxylic acids is 1. The summed E-state index contributed by atoms with van der Waals surface area (Å²) in [5.74, 6) is -0.0791. The quantitative estimate of drug-likeness (QED) is 0.838. The van der Waals surface area contributed by atoms with E-state index in [0.717, 1.165) is 5.69 Å². The van der Waals surface area contributed by atoms with Crippen molar-refractivity contribution in [2.24, 2.45) is 11.1 Å². The molecule has 1 aromatic rings. The van der Waals surface area contributed by atoms with Crippen molar-refractivity contribution >= 4 is 5.91 Å². The molecule has 0 aromatic carbocycles. The Hall–Kier alpha value is -1.42. The number of amides is 1. The normalized spacial score (nSPS) is 13.2. The summed E-state index contributed by atoms with van der Waals surface area (Å²) in [7, 11) is 0. The number of carbonyl (C=O) groups is 1. The van der Waals surface area contributed by atoms with E-state index in [0.29, 0.717) is 12.1 Å². The van der Waals surface area contributed by atoms with E-state index in [1.165, 1.54) is 0 Å². The monoisotopic (exact) mass is 235 g/mol. The smallest absolute Gasteiger partial charge is 0.251 e. The molecule has 0 aliphatic carbocycles. The second-order valence-electron chi connectivity index (χ2n) is 5.30. The SMILES string of the molecule is CC(NC(=O)c1ccnc(CN)c1)C(C)(C)C. The molecule has 4 nitrogen and oxygen atoms in total. The summed E-state index contributed by atoms with van der Waals surface area (Å²) in [4.78, 5) is 16.1. The lowest BCUT2D eigenvalue weighted by molar-refractivity contribution is 0.0910. The Labute approximate surface area is 103 Å². The number of nitrogens with one attached hydrogen (secondary N) is 1. The minimum atomic E-state index is -0.0791. The lowest BCUT2D eigenvalue weighted by Crippen LogP contribution is -2.41. The molecule has 0 radical (unpaired) electrons. The van der Waals surface area contributed by atoms with E-state index >= 15 is 0 Å². The maximum atomic E-state index is 12.0. The third-order valence-corrected chi connectivity index (χ3v) is 2.93. The third kappa shape index (κ3) is 3.82. The maximum Gasteiger partial charge on any atom is 0.251 e. The highest BCUT2D eigenvalue weighted by Crippen LogP contribution is 2.18. The molecule has 1 heterocycles. The molecule has 0 bridgehead atoms. The Morgan fingerprint density at radius 3 is 2.71 bits per heavy atom. The van der Waals surface area contributed by atoms with Gasteiger partial charge >= 0.3 is 0 Å². The van der Waals surface area contributed by atoms with Crippen LogP contribution in [0.4, 0.5) is 0 Å². The van der Waals surface area contributed by atoms with Crippen LogP contribution in [0, 0.1) is 5.41 Å². The van der Waals surface area contributed by atoms with E-state index in [1.54, 1.807) is 18.3 Å². The van der Waals surface area contributed by atoms with Gasteiger partial charge in [-0.3, -0.25) is 9.78 Å². The lowest BCUT2D eigenvalue weighted by Gasteiger charge is -2.28. The summed E-state index contributed by atoms with van der Waals surface area (Å²) in [6, 6.07) is 3.53. The summed E-state index contributed by atoms with van der Waals surface area (Å²) in [5, 5.41) is 2.98. The van der Waals surface area contributed by atoms with E-state index in [2.05, 4.69) is 31.1 Å². The second kappa shape index (κ2) is 5.27. The van der Waals surface area contributed by atoms with Crippen molar-refractivity contribution in [3.63, 3.8) is 0 Å². The molecule has 0 fully saturated rings. The fourth-order valence-corrected chi connectivity index (χ4v) is 1.23. The molecule has 1 aromatic heterocycles. The highest BCUT2D eigenvalue weighted by Gasteiger charge is 2.22. The number of hydrogen-bond acceptors (Lipinski definition) is 3. The first-order chi connectivity index (χ1) is 7.84. The Bertz CT molecular complexity index is 396. The van der Waals surface area contributed by atoms with Crippen molar-refractivity contribution < 1.29 is 4.79 Å². The molecule has 0 saturated carbocycles. The highest BCUT2D eigenvalue weighted by atomic mass is 16.1. The van der Waals surface area contributed by atoms with Crippen LogP contribution < -0.4 is 11.1 Å². The van der Waals surface area contributed by atoms with E-state index in [4.69, 9.17) is 5.73 Å². The topological polar surface area (TPSA) is 68.0 Å². The Kier molecular flexibility index (Phi) is 4.23. The van der Waals surface area contributed by atoms with Crippen LogP contribution in [-0.4, -0.2) is 16.9 Å². The number of nitrogens with two attached hydrogens (primary N) is 1. The van der Waals surface area contributed by atoms with E-state index in [9.17, 15) is 4.79 Å².